The topological polar surface area (TPSA) is 55.5 Å². The Balaban J connectivity index is 2.92. The summed E-state index contributed by atoms with van der Waals surface area (Å²) in [7, 11) is 0. The lowest BCUT2D eigenvalue weighted by atomic mass is 9.81. The van der Waals surface area contributed by atoms with Gasteiger partial charge in [0.2, 0.25) is 5.82 Å². The van der Waals surface area contributed by atoms with Gasteiger partial charge in [0.05, 0.1) is 5.56 Å². The Morgan fingerprint density at radius 2 is 1.62 bits per heavy atom. The van der Waals surface area contributed by atoms with Crippen LogP contribution in [0.15, 0.2) is 0 Å². The largest absolute Gasteiger partial charge is 0.478 e. The standard InChI is InChI=1S/C13H14F5NO2/c1-4-5-7(14)6-10(9(16)8(5)15)21-11(2,3)13(18,20)12(6,17)19/h20H,4,19H2,1-3H3. The third-order valence-corrected chi connectivity index (χ3v) is 3.72. The van der Waals surface area contributed by atoms with E-state index in [4.69, 9.17) is 10.5 Å². The van der Waals surface area contributed by atoms with Crippen molar-refractivity contribution >= 4 is 0 Å². The second-order valence-electron chi connectivity index (χ2n) is 5.42. The van der Waals surface area contributed by atoms with Crippen LogP contribution in [-0.2, 0) is 12.2 Å². The van der Waals surface area contributed by atoms with E-state index < -0.39 is 51.6 Å². The third kappa shape index (κ3) is 1.78. The fourth-order valence-corrected chi connectivity index (χ4v) is 2.35. The van der Waals surface area contributed by atoms with Crippen LogP contribution in [0.5, 0.6) is 5.75 Å². The van der Waals surface area contributed by atoms with Crippen LogP contribution in [-0.4, -0.2) is 16.6 Å². The fourth-order valence-electron chi connectivity index (χ4n) is 2.35. The van der Waals surface area contributed by atoms with Crippen LogP contribution < -0.4 is 10.5 Å². The summed E-state index contributed by atoms with van der Waals surface area (Å²) in [5, 5.41) is 9.65. The number of halogens is 5. The number of hydrogen-bond acceptors (Lipinski definition) is 3. The van der Waals surface area contributed by atoms with E-state index in [0.717, 1.165) is 13.8 Å². The summed E-state index contributed by atoms with van der Waals surface area (Å²) in [6, 6.07) is 0. The number of aliphatic hydroxyl groups is 1. The van der Waals surface area contributed by atoms with Gasteiger partial charge < -0.3 is 9.84 Å². The van der Waals surface area contributed by atoms with Crippen molar-refractivity contribution in [1.82, 2.24) is 0 Å². The molecule has 0 spiro atoms. The van der Waals surface area contributed by atoms with Crippen LogP contribution in [0.4, 0.5) is 22.0 Å². The van der Waals surface area contributed by atoms with Crippen LogP contribution in [0.3, 0.4) is 0 Å². The van der Waals surface area contributed by atoms with E-state index >= 15 is 0 Å². The van der Waals surface area contributed by atoms with Crippen LogP contribution in [0.25, 0.3) is 0 Å². The van der Waals surface area contributed by atoms with Gasteiger partial charge in [-0.1, -0.05) is 6.92 Å². The summed E-state index contributed by atoms with van der Waals surface area (Å²) in [4.78, 5) is 0. The maximum atomic E-state index is 14.6. The van der Waals surface area contributed by atoms with Gasteiger partial charge in [-0.05, 0) is 20.3 Å². The van der Waals surface area contributed by atoms with Crippen molar-refractivity contribution in [2.75, 3.05) is 0 Å². The van der Waals surface area contributed by atoms with E-state index in [1.807, 2.05) is 0 Å². The van der Waals surface area contributed by atoms with Crippen molar-refractivity contribution in [3.8, 4) is 5.75 Å². The number of ether oxygens (including phenoxy) is 1. The predicted octanol–water partition coefficient (Wildman–Crippen LogP) is 2.58. The highest BCUT2D eigenvalue weighted by molar-refractivity contribution is 5.48. The Morgan fingerprint density at radius 1 is 1.10 bits per heavy atom. The molecule has 1 aromatic carbocycles. The minimum absolute atomic E-state index is 0.327. The van der Waals surface area contributed by atoms with Gasteiger partial charge in [-0.25, -0.2) is 17.6 Å². The lowest BCUT2D eigenvalue weighted by Crippen LogP contribution is -2.68. The molecular formula is C13H14F5NO2. The first-order chi connectivity index (χ1) is 9.40. The van der Waals surface area contributed by atoms with Gasteiger partial charge in [0.15, 0.2) is 17.2 Å². The van der Waals surface area contributed by atoms with Crippen molar-refractivity contribution in [1.29, 1.82) is 0 Å². The molecule has 0 saturated carbocycles. The van der Waals surface area contributed by atoms with Gasteiger partial charge in [-0.3, -0.25) is 5.73 Å². The Labute approximate surface area is 117 Å². The van der Waals surface area contributed by atoms with Crippen molar-refractivity contribution in [2.24, 2.45) is 5.73 Å². The number of fused-ring (bicyclic) bond motifs is 1. The molecule has 0 radical (unpaired) electrons. The first-order valence-electron chi connectivity index (χ1n) is 6.18. The molecule has 1 heterocycles. The summed E-state index contributed by atoms with van der Waals surface area (Å²) in [6.45, 7) is 3.04. The number of rotatable bonds is 1. The summed E-state index contributed by atoms with van der Waals surface area (Å²) in [5.74, 6) is -13.7. The first-order valence-corrected chi connectivity index (χ1v) is 6.18. The zero-order valence-corrected chi connectivity index (χ0v) is 11.5. The lowest BCUT2D eigenvalue weighted by Gasteiger charge is -2.47. The van der Waals surface area contributed by atoms with Crippen LogP contribution in [0, 0.1) is 17.5 Å². The molecule has 1 aliphatic rings. The van der Waals surface area contributed by atoms with Gasteiger partial charge >= 0.3 is 0 Å². The van der Waals surface area contributed by atoms with E-state index in [2.05, 4.69) is 0 Å². The molecule has 0 saturated heterocycles. The normalized spacial score (nSPS) is 30.8. The molecular weight excluding hydrogens is 297 g/mol. The van der Waals surface area contributed by atoms with E-state index in [1.165, 1.54) is 6.92 Å². The summed E-state index contributed by atoms with van der Waals surface area (Å²) in [5.41, 5.74) is 0.541. The predicted molar refractivity (Wildman–Crippen MR) is 63.4 cm³/mol. The highest BCUT2D eigenvalue weighted by Crippen LogP contribution is 2.53. The number of hydrogen-bond donors (Lipinski definition) is 2. The molecule has 1 aliphatic heterocycles. The smallest absolute Gasteiger partial charge is 0.298 e. The van der Waals surface area contributed by atoms with Crippen LogP contribution in [0.1, 0.15) is 31.9 Å². The van der Waals surface area contributed by atoms with E-state index in [-0.39, 0.29) is 6.42 Å². The van der Waals surface area contributed by atoms with Gasteiger partial charge in [-0.2, -0.15) is 4.39 Å². The molecule has 8 heteroatoms. The van der Waals surface area contributed by atoms with Crippen molar-refractivity contribution in [3.63, 3.8) is 0 Å². The summed E-state index contributed by atoms with van der Waals surface area (Å²) in [6.07, 6.45) is -0.327. The Bertz CT molecular complexity index is 613. The monoisotopic (exact) mass is 311 g/mol. The third-order valence-electron chi connectivity index (χ3n) is 3.72. The Kier molecular flexibility index (Phi) is 3.27. The molecule has 0 aromatic heterocycles. The average molecular weight is 311 g/mol. The molecule has 3 N–H and O–H groups in total. The second-order valence-corrected chi connectivity index (χ2v) is 5.42. The SMILES string of the molecule is CCc1c(F)c(F)c2c(c1F)C(N)(F)C(O)(F)C(C)(C)O2. The van der Waals surface area contributed by atoms with Crippen LogP contribution in [0.2, 0.25) is 0 Å². The average Bonchev–Trinajstić information content (AvgIpc) is 2.34. The van der Waals surface area contributed by atoms with Gasteiger partial charge in [0.25, 0.3) is 11.6 Å². The van der Waals surface area contributed by atoms with Gasteiger partial charge in [-0.15, -0.1) is 0 Å². The van der Waals surface area contributed by atoms with E-state index in [9.17, 15) is 27.1 Å². The molecule has 0 aliphatic carbocycles. The van der Waals surface area contributed by atoms with E-state index in [1.54, 1.807) is 0 Å². The zero-order chi connectivity index (χ0) is 16.4. The molecule has 0 fully saturated rings. The van der Waals surface area contributed by atoms with E-state index in [0.29, 0.717) is 0 Å². The van der Waals surface area contributed by atoms with Crippen molar-refractivity contribution in [3.05, 3.63) is 28.6 Å². The molecule has 3 nitrogen and oxygen atoms in total. The number of alkyl halides is 2. The molecule has 2 unspecified atom stereocenters. The maximum Gasteiger partial charge on any atom is 0.298 e. The first kappa shape index (κ1) is 16.0. The maximum absolute atomic E-state index is 14.6. The minimum Gasteiger partial charge on any atom is -0.478 e. The Morgan fingerprint density at radius 3 is 2.10 bits per heavy atom. The number of nitrogens with two attached hydrogens (primary N) is 1. The highest BCUT2D eigenvalue weighted by Gasteiger charge is 2.68. The fraction of sp³-hybridized carbons (Fsp3) is 0.538. The highest BCUT2D eigenvalue weighted by atomic mass is 19.2. The second kappa shape index (κ2) is 4.30. The molecule has 2 atom stereocenters. The molecule has 21 heavy (non-hydrogen) atoms. The van der Waals surface area contributed by atoms with Gasteiger partial charge in [0.1, 0.15) is 5.82 Å². The quantitative estimate of drug-likeness (QED) is 0.476. The molecule has 2 rings (SSSR count). The zero-order valence-electron chi connectivity index (χ0n) is 11.5. The molecule has 0 amide bonds. The van der Waals surface area contributed by atoms with Crippen LogP contribution >= 0.6 is 0 Å². The molecule has 118 valence electrons. The minimum atomic E-state index is -3.86. The molecule has 0 bridgehead atoms. The summed E-state index contributed by atoms with van der Waals surface area (Å²) < 4.78 is 75.5. The van der Waals surface area contributed by atoms with Crippen molar-refractivity contribution in [2.45, 2.75) is 44.4 Å². The molecule has 1 aromatic rings. The number of benzene rings is 1. The van der Waals surface area contributed by atoms with Crippen molar-refractivity contribution < 1.29 is 31.8 Å². The Hall–Kier alpha value is -1.41. The lowest BCUT2D eigenvalue weighted by molar-refractivity contribution is -0.290. The summed E-state index contributed by atoms with van der Waals surface area (Å²) >= 11 is 0. The van der Waals surface area contributed by atoms with Gasteiger partial charge in [0, 0.05) is 5.56 Å².